The number of rotatable bonds is 3. The van der Waals surface area contributed by atoms with E-state index >= 15 is 0 Å². The smallest absolute Gasteiger partial charge is 0.335 e. The third-order valence-electron chi connectivity index (χ3n) is 2.49. The van der Waals surface area contributed by atoms with Crippen LogP contribution in [0.4, 0.5) is 5.69 Å². The lowest BCUT2D eigenvalue weighted by Crippen LogP contribution is -2.02. The van der Waals surface area contributed by atoms with Crippen LogP contribution in [0.25, 0.3) is 10.8 Å². The molecular formula is C14H13NO2. The van der Waals surface area contributed by atoms with Crippen LogP contribution in [0.1, 0.15) is 0 Å². The van der Waals surface area contributed by atoms with Crippen molar-refractivity contribution in [1.29, 1.82) is 0 Å². The van der Waals surface area contributed by atoms with Crippen molar-refractivity contribution in [3.8, 4) is 5.75 Å². The second-order valence-electron chi connectivity index (χ2n) is 3.60. The van der Waals surface area contributed by atoms with Crippen molar-refractivity contribution in [3.63, 3.8) is 0 Å². The van der Waals surface area contributed by atoms with E-state index in [0.717, 1.165) is 22.5 Å². The largest absolute Gasteiger partial charge is 0.423 e. The lowest BCUT2D eigenvalue weighted by molar-refractivity contribution is -0.128. The molecule has 0 saturated carbocycles. The molecule has 0 aliphatic rings. The van der Waals surface area contributed by atoms with Gasteiger partial charge in [-0.1, -0.05) is 18.7 Å². The number of fused-ring (bicyclic) bond motifs is 1. The highest BCUT2D eigenvalue weighted by Crippen LogP contribution is 2.23. The van der Waals surface area contributed by atoms with E-state index in [4.69, 9.17) is 4.74 Å². The molecule has 2 aromatic rings. The molecule has 0 aliphatic heterocycles. The maximum Gasteiger partial charge on any atom is 0.335 e. The summed E-state index contributed by atoms with van der Waals surface area (Å²) in [4.78, 5) is 11.1. The number of carbonyl (C=O) groups is 1. The molecule has 0 fully saturated rings. The van der Waals surface area contributed by atoms with Gasteiger partial charge in [0.1, 0.15) is 5.75 Å². The molecule has 3 heteroatoms. The Bertz CT molecular complexity index is 575. The van der Waals surface area contributed by atoms with Crippen molar-refractivity contribution in [2.24, 2.45) is 0 Å². The summed E-state index contributed by atoms with van der Waals surface area (Å²) in [6.07, 6.45) is 1.15. The first kappa shape index (κ1) is 11.2. The molecule has 86 valence electrons. The summed E-state index contributed by atoms with van der Waals surface area (Å²) in [5.41, 5.74) is 1.05. The first-order valence-corrected chi connectivity index (χ1v) is 5.29. The molecule has 0 unspecified atom stereocenters. The monoisotopic (exact) mass is 227 g/mol. The van der Waals surface area contributed by atoms with Crippen molar-refractivity contribution in [2.45, 2.75) is 0 Å². The van der Waals surface area contributed by atoms with Gasteiger partial charge in [-0.15, -0.1) is 0 Å². The average Bonchev–Trinajstić information content (AvgIpc) is 2.38. The van der Waals surface area contributed by atoms with Gasteiger partial charge < -0.3 is 10.1 Å². The van der Waals surface area contributed by atoms with Gasteiger partial charge in [-0.05, 0) is 35.0 Å². The predicted octanol–water partition coefficient (Wildman–Crippen LogP) is 2.97. The van der Waals surface area contributed by atoms with Crippen LogP contribution in [0.3, 0.4) is 0 Å². The van der Waals surface area contributed by atoms with Gasteiger partial charge in [0.25, 0.3) is 0 Å². The molecule has 2 rings (SSSR count). The first-order valence-electron chi connectivity index (χ1n) is 5.29. The van der Waals surface area contributed by atoms with Crippen molar-refractivity contribution < 1.29 is 9.53 Å². The zero-order valence-electron chi connectivity index (χ0n) is 9.57. The van der Waals surface area contributed by atoms with E-state index in [2.05, 4.69) is 11.9 Å². The Morgan fingerprint density at radius 2 is 1.94 bits per heavy atom. The maximum atomic E-state index is 11.1. The molecule has 1 N–H and O–H groups in total. The van der Waals surface area contributed by atoms with Crippen LogP contribution in [0.5, 0.6) is 5.75 Å². The first-order chi connectivity index (χ1) is 8.22. The van der Waals surface area contributed by atoms with E-state index < -0.39 is 5.97 Å². The molecule has 0 bridgehead atoms. The van der Waals surface area contributed by atoms with Gasteiger partial charge in [0.2, 0.25) is 0 Å². The van der Waals surface area contributed by atoms with Gasteiger partial charge in [-0.25, -0.2) is 4.79 Å². The maximum absolute atomic E-state index is 11.1. The molecule has 0 amide bonds. The highest BCUT2D eigenvalue weighted by Gasteiger charge is 2.01. The molecular weight excluding hydrogens is 214 g/mol. The Labute approximate surface area is 99.7 Å². The molecule has 0 spiro atoms. The highest BCUT2D eigenvalue weighted by molar-refractivity contribution is 5.88. The van der Waals surface area contributed by atoms with Crippen LogP contribution in [0.15, 0.2) is 49.1 Å². The lowest BCUT2D eigenvalue weighted by Gasteiger charge is -2.05. The molecule has 0 aliphatic carbocycles. The van der Waals surface area contributed by atoms with Crippen molar-refractivity contribution >= 4 is 22.4 Å². The number of hydrogen-bond acceptors (Lipinski definition) is 3. The van der Waals surface area contributed by atoms with E-state index in [1.165, 1.54) is 0 Å². The molecule has 0 heterocycles. The SMILES string of the molecule is C=CC(=O)Oc1ccc2cc(NC)ccc2c1. The van der Waals surface area contributed by atoms with Crippen molar-refractivity contribution in [3.05, 3.63) is 49.1 Å². The predicted molar refractivity (Wildman–Crippen MR) is 69.3 cm³/mol. The number of carbonyl (C=O) groups excluding carboxylic acids is 1. The van der Waals surface area contributed by atoms with E-state index in [1.807, 2.05) is 37.4 Å². The normalized spacial score (nSPS) is 9.94. The summed E-state index contributed by atoms with van der Waals surface area (Å²) in [6.45, 7) is 3.36. The van der Waals surface area contributed by atoms with E-state index in [-0.39, 0.29) is 0 Å². The summed E-state index contributed by atoms with van der Waals surface area (Å²) in [5, 5.41) is 5.20. The Hall–Kier alpha value is -2.29. The van der Waals surface area contributed by atoms with Crippen LogP contribution < -0.4 is 10.1 Å². The second kappa shape index (κ2) is 4.70. The minimum atomic E-state index is -0.448. The molecule has 0 radical (unpaired) electrons. The van der Waals surface area contributed by atoms with E-state index in [0.29, 0.717) is 5.75 Å². The minimum Gasteiger partial charge on any atom is -0.423 e. The quantitative estimate of drug-likeness (QED) is 0.497. The van der Waals surface area contributed by atoms with Gasteiger partial charge in [0.15, 0.2) is 0 Å². The standard InChI is InChI=1S/C14H13NO2/c1-3-14(16)17-13-7-5-10-8-12(15-2)6-4-11(10)9-13/h3-9,15H,1H2,2H3. The number of anilines is 1. The molecule has 3 nitrogen and oxygen atoms in total. The summed E-state index contributed by atoms with van der Waals surface area (Å²) < 4.78 is 5.06. The molecule has 0 saturated heterocycles. The van der Waals surface area contributed by atoms with E-state index in [9.17, 15) is 4.79 Å². The number of esters is 1. The van der Waals surface area contributed by atoms with Gasteiger partial charge in [-0.2, -0.15) is 0 Å². The van der Waals surface area contributed by atoms with Crippen LogP contribution in [-0.4, -0.2) is 13.0 Å². The van der Waals surface area contributed by atoms with Gasteiger partial charge in [0.05, 0.1) is 0 Å². The zero-order valence-corrected chi connectivity index (χ0v) is 9.57. The van der Waals surface area contributed by atoms with E-state index in [1.54, 1.807) is 6.07 Å². The molecule has 2 aromatic carbocycles. The third kappa shape index (κ3) is 2.45. The fourth-order valence-corrected chi connectivity index (χ4v) is 1.60. The van der Waals surface area contributed by atoms with Crippen LogP contribution in [0, 0.1) is 0 Å². The fraction of sp³-hybridized carbons (Fsp3) is 0.0714. The topological polar surface area (TPSA) is 38.3 Å². The Morgan fingerprint density at radius 3 is 2.65 bits per heavy atom. The Balaban J connectivity index is 2.37. The van der Waals surface area contributed by atoms with Crippen molar-refractivity contribution in [1.82, 2.24) is 0 Å². The molecule has 0 atom stereocenters. The van der Waals surface area contributed by atoms with Crippen molar-refractivity contribution in [2.75, 3.05) is 12.4 Å². The number of nitrogens with one attached hydrogen (secondary N) is 1. The van der Waals surface area contributed by atoms with Crippen LogP contribution in [0.2, 0.25) is 0 Å². The second-order valence-corrected chi connectivity index (χ2v) is 3.60. The Kier molecular flexibility index (Phi) is 3.10. The van der Waals surface area contributed by atoms with Gasteiger partial charge in [0, 0.05) is 18.8 Å². The summed E-state index contributed by atoms with van der Waals surface area (Å²) in [5.74, 6) is 0.0794. The summed E-state index contributed by atoms with van der Waals surface area (Å²) in [6, 6.07) is 11.5. The fourth-order valence-electron chi connectivity index (χ4n) is 1.60. The third-order valence-corrected chi connectivity index (χ3v) is 2.49. The number of ether oxygens (including phenoxy) is 1. The Morgan fingerprint density at radius 1 is 1.24 bits per heavy atom. The van der Waals surface area contributed by atoms with Crippen LogP contribution in [-0.2, 0) is 4.79 Å². The zero-order chi connectivity index (χ0) is 12.3. The average molecular weight is 227 g/mol. The minimum absolute atomic E-state index is 0.448. The highest BCUT2D eigenvalue weighted by atomic mass is 16.5. The molecule has 0 aromatic heterocycles. The summed E-state index contributed by atoms with van der Waals surface area (Å²) >= 11 is 0. The van der Waals surface area contributed by atoms with Gasteiger partial charge in [-0.3, -0.25) is 0 Å². The number of benzene rings is 2. The molecule has 17 heavy (non-hydrogen) atoms. The summed E-state index contributed by atoms with van der Waals surface area (Å²) in [7, 11) is 1.88. The lowest BCUT2D eigenvalue weighted by atomic mass is 10.1. The number of hydrogen-bond donors (Lipinski definition) is 1. The van der Waals surface area contributed by atoms with Crippen LogP contribution >= 0.6 is 0 Å². The van der Waals surface area contributed by atoms with Gasteiger partial charge >= 0.3 is 5.97 Å².